The second-order valence-corrected chi connectivity index (χ2v) is 18.1. The molecule has 3 aromatic carbocycles. The first-order valence-corrected chi connectivity index (χ1v) is 20.5. The zero-order valence-electron chi connectivity index (χ0n) is 33.0. The highest BCUT2D eigenvalue weighted by Gasteiger charge is 2.68. The van der Waals surface area contributed by atoms with E-state index in [-0.39, 0.29) is 30.5 Å². The quantitative estimate of drug-likeness (QED) is 0.109. The minimum atomic E-state index is -5.23. The summed E-state index contributed by atoms with van der Waals surface area (Å²) < 4.78 is 86.0. The number of hydrogen-bond donors (Lipinski definition) is 1. The number of benzene rings is 3. The number of imide groups is 2. The largest absolute Gasteiger partial charge is 0.507 e. The van der Waals surface area contributed by atoms with E-state index < -0.39 is 87.8 Å². The molecule has 9 rings (SSSR count). The van der Waals surface area contributed by atoms with Crippen LogP contribution in [0, 0.1) is 49.9 Å². The van der Waals surface area contributed by atoms with Gasteiger partial charge in [-0.1, -0.05) is 35.4 Å². The number of amides is 4. The van der Waals surface area contributed by atoms with Crippen molar-refractivity contribution in [3.8, 4) is 16.3 Å². The maximum Gasteiger partial charge on any atom is 0.416 e. The summed E-state index contributed by atoms with van der Waals surface area (Å²) >= 11 is 7.76. The van der Waals surface area contributed by atoms with Crippen molar-refractivity contribution in [2.75, 3.05) is 9.80 Å². The molecule has 1 N–H and O–H groups in total. The number of thiophene rings is 1. The van der Waals surface area contributed by atoms with Crippen LogP contribution in [0.2, 0.25) is 5.02 Å². The van der Waals surface area contributed by atoms with Gasteiger partial charge in [-0.05, 0) is 110 Å². The Bertz CT molecular complexity index is 2770. The van der Waals surface area contributed by atoms with Crippen molar-refractivity contribution < 1.29 is 50.6 Å². The summed E-state index contributed by atoms with van der Waals surface area (Å²) in [6.45, 7) is 6.95. The van der Waals surface area contributed by atoms with Crippen LogP contribution in [-0.2, 0) is 38.6 Å². The van der Waals surface area contributed by atoms with Crippen LogP contribution in [0.1, 0.15) is 59.1 Å². The SMILES string of the molecule is Cc1cc([C@H]2C3=CC[C@@H]4C(=O)N(c5cc(C(F)(F)F)cc(C(F)(F)F)c5)C(=O)[C@@H]4[C@@H]3C[C@H]3C(=O)N(c4cc(-c5sc6ccc(Cl)cc6c5C)nn4C)C(=O)[C@@]23C)cc(C)c1O. The number of halogens is 7. The van der Waals surface area contributed by atoms with Gasteiger partial charge in [0.2, 0.25) is 23.6 Å². The van der Waals surface area contributed by atoms with Gasteiger partial charge in [-0.25, -0.2) is 9.80 Å². The molecule has 6 atom stereocenters. The first kappa shape index (κ1) is 40.9. The number of alkyl halides is 6. The van der Waals surface area contributed by atoms with E-state index in [1.807, 2.05) is 19.1 Å². The lowest BCUT2D eigenvalue weighted by atomic mass is 9.51. The highest BCUT2D eigenvalue weighted by atomic mass is 35.5. The van der Waals surface area contributed by atoms with Gasteiger partial charge in [0, 0.05) is 28.8 Å². The molecule has 4 heterocycles. The summed E-state index contributed by atoms with van der Waals surface area (Å²) in [5, 5.41) is 17.0. The summed E-state index contributed by atoms with van der Waals surface area (Å²) in [7, 11) is 1.61. The number of phenolic OH excluding ortho intramolecular Hbond substituents is 1. The van der Waals surface area contributed by atoms with E-state index in [1.165, 1.54) is 16.0 Å². The molecule has 3 fully saturated rings. The van der Waals surface area contributed by atoms with E-state index in [0.717, 1.165) is 25.4 Å². The van der Waals surface area contributed by atoms with Gasteiger partial charge in [0.25, 0.3) is 0 Å². The molecule has 0 spiro atoms. The van der Waals surface area contributed by atoms with Crippen LogP contribution in [0.4, 0.5) is 37.8 Å². The third kappa shape index (κ3) is 5.98. The van der Waals surface area contributed by atoms with Crippen LogP contribution in [0.5, 0.6) is 5.75 Å². The Kier molecular flexibility index (Phi) is 9.06. The number of fused-ring (bicyclic) bond motifs is 5. The molecule has 4 amide bonds. The fourth-order valence-corrected chi connectivity index (χ4v) is 11.6. The van der Waals surface area contributed by atoms with Gasteiger partial charge in [-0.15, -0.1) is 11.3 Å². The number of aromatic hydroxyl groups is 1. The van der Waals surface area contributed by atoms with Gasteiger partial charge in [-0.2, -0.15) is 31.4 Å². The Labute approximate surface area is 353 Å². The van der Waals surface area contributed by atoms with Crippen molar-refractivity contribution in [2.45, 2.75) is 58.8 Å². The Balaban J connectivity index is 1.16. The van der Waals surface area contributed by atoms with Gasteiger partial charge in [0.15, 0.2) is 0 Å². The second kappa shape index (κ2) is 13.5. The minimum Gasteiger partial charge on any atom is -0.507 e. The molecule has 2 aliphatic carbocycles. The van der Waals surface area contributed by atoms with Crippen molar-refractivity contribution in [1.82, 2.24) is 9.78 Å². The molecule has 0 radical (unpaired) electrons. The molecular weight excluding hydrogens is 846 g/mol. The molecule has 4 aliphatic rings. The topological polar surface area (TPSA) is 113 Å². The maximum atomic E-state index is 15.2. The molecule has 2 aliphatic heterocycles. The van der Waals surface area contributed by atoms with Crippen molar-refractivity contribution in [2.24, 2.45) is 36.1 Å². The predicted octanol–water partition coefficient (Wildman–Crippen LogP) is 10.1. The Hall–Kier alpha value is -5.48. The number of carbonyl (C=O) groups is 4. The van der Waals surface area contributed by atoms with Gasteiger partial charge in [0.05, 0.1) is 44.9 Å². The summed E-state index contributed by atoms with van der Waals surface area (Å²) in [4.78, 5) is 61.0. The van der Waals surface area contributed by atoms with Gasteiger partial charge < -0.3 is 5.11 Å². The van der Waals surface area contributed by atoms with Crippen LogP contribution in [0.15, 0.2) is 66.2 Å². The number of phenols is 1. The normalized spacial score (nSPS) is 25.4. The van der Waals surface area contributed by atoms with Crippen molar-refractivity contribution in [3.05, 3.63) is 105 Å². The average molecular weight is 881 g/mol. The first-order chi connectivity index (χ1) is 28.5. The predicted molar refractivity (Wildman–Crippen MR) is 215 cm³/mol. The number of hydrogen-bond acceptors (Lipinski definition) is 7. The molecular formula is C44H35ClF6N4O5S. The van der Waals surface area contributed by atoms with E-state index in [9.17, 15) is 45.8 Å². The summed E-state index contributed by atoms with van der Waals surface area (Å²) in [6, 6.07) is 11.2. The first-order valence-electron chi connectivity index (χ1n) is 19.3. The molecule has 316 valence electrons. The zero-order chi connectivity index (χ0) is 44.0. The number of nitrogens with zero attached hydrogens (tertiary/aromatic N) is 4. The number of aryl methyl sites for hydroxylation is 4. The summed E-state index contributed by atoms with van der Waals surface area (Å²) in [5.74, 6) is -8.27. The van der Waals surface area contributed by atoms with Gasteiger partial charge >= 0.3 is 12.4 Å². The van der Waals surface area contributed by atoms with E-state index in [1.54, 1.807) is 58.2 Å². The van der Waals surface area contributed by atoms with Crippen LogP contribution in [0.25, 0.3) is 20.7 Å². The van der Waals surface area contributed by atoms with Crippen molar-refractivity contribution >= 4 is 68.2 Å². The molecule has 0 bridgehead atoms. The van der Waals surface area contributed by atoms with Crippen LogP contribution >= 0.6 is 22.9 Å². The second-order valence-electron chi connectivity index (χ2n) is 16.6. The monoisotopic (exact) mass is 880 g/mol. The Morgan fingerprint density at radius 3 is 2.10 bits per heavy atom. The Morgan fingerprint density at radius 1 is 0.836 bits per heavy atom. The standard InChI is InChI=1S/C44H35ClF6N4O5S/c1-18-10-21(11-19(2)36(18)56)35-26-7-8-27-34(40(59)54(38(27)57)25-13-22(43(46,47)48)12-23(14-25)44(49,50)51)29(26)16-30-39(58)55(41(60)42(30,35)4)33-17-31(52-53(33)5)37-20(3)28-15-24(45)6-9-32(28)61-37/h6-7,9-15,17,27,29-30,34-35,56H,8,16H2,1-5H3/t27-,29+,30-,34-,35-,42+/m0/s1. The van der Waals surface area contributed by atoms with Crippen LogP contribution in [0.3, 0.4) is 0 Å². The number of anilines is 2. The smallest absolute Gasteiger partial charge is 0.416 e. The minimum absolute atomic E-state index is 0.0127. The molecule has 0 unspecified atom stereocenters. The fraction of sp³-hybridized carbons (Fsp3) is 0.341. The van der Waals surface area contributed by atoms with Crippen molar-refractivity contribution in [3.63, 3.8) is 0 Å². The van der Waals surface area contributed by atoms with E-state index in [4.69, 9.17) is 16.7 Å². The lowest BCUT2D eigenvalue weighted by Gasteiger charge is -2.49. The number of rotatable bonds is 4. The van der Waals surface area contributed by atoms with Gasteiger partial charge in [-0.3, -0.25) is 23.9 Å². The maximum absolute atomic E-state index is 15.2. The van der Waals surface area contributed by atoms with Gasteiger partial charge in [0.1, 0.15) is 17.3 Å². The molecule has 9 nitrogen and oxygen atoms in total. The summed E-state index contributed by atoms with van der Waals surface area (Å²) in [5.41, 5.74) is -2.28. The fourth-order valence-electron chi connectivity index (χ4n) is 10.3. The molecule has 5 aromatic rings. The molecule has 61 heavy (non-hydrogen) atoms. The Morgan fingerprint density at radius 2 is 1.48 bits per heavy atom. The van der Waals surface area contributed by atoms with E-state index in [2.05, 4.69) is 0 Å². The third-order valence-corrected chi connectivity index (χ3v) is 14.7. The number of aromatic nitrogens is 2. The lowest BCUT2D eigenvalue weighted by molar-refractivity contribution is -0.143. The highest BCUT2D eigenvalue weighted by molar-refractivity contribution is 7.22. The molecule has 1 saturated carbocycles. The highest BCUT2D eigenvalue weighted by Crippen LogP contribution is 2.64. The summed E-state index contributed by atoms with van der Waals surface area (Å²) in [6.07, 6.45) is -8.97. The number of allylic oxidation sites excluding steroid dienone is 2. The van der Waals surface area contributed by atoms with Crippen molar-refractivity contribution in [1.29, 1.82) is 0 Å². The molecule has 2 aromatic heterocycles. The molecule has 2 saturated heterocycles. The van der Waals surface area contributed by atoms with E-state index >= 15 is 4.79 Å². The molecule has 17 heteroatoms. The number of carbonyl (C=O) groups excluding carboxylic acids is 4. The van der Waals surface area contributed by atoms with Crippen LogP contribution in [-0.4, -0.2) is 38.5 Å². The average Bonchev–Trinajstić information content (AvgIpc) is 3.85. The van der Waals surface area contributed by atoms with Crippen LogP contribution < -0.4 is 9.80 Å². The lowest BCUT2D eigenvalue weighted by Crippen LogP contribution is -2.49. The zero-order valence-corrected chi connectivity index (χ0v) is 34.6. The van der Waals surface area contributed by atoms with E-state index in [0.29, 0.717) is 50.0 Å². The third-order valence-electron chi connectivity index (χ3n) is 13.2.